The molecule has 0 unspecified atom stereocenters. The van der Waals surface area contributed by atoms with Crippen molar-refractivity contribution in [1.29, 1.82) is 0 Å². The maximum absolute atomic E-state index is 12.5. The van der Waals surface area contributed by atoms with E-state index in [1.165, 1.54) is 0 Å². The summed E-state index contributed by atoms with van der Waals surface area (Å²) < 4.78 is 0. The van der Waals surface area contributed by atoms with Gasteiger partial charge in [0.15, 0.2) is 0 Å². The van der Waals surface area contributed by atoms with E-state index in [9.17, 15) is 9.90 Å². The highest BCUT2D eigenvalue weighted by Gasteiger charge is 2.28. The quantitative estimate of drug-likeness (QED) is 0.893. The molecule has 22 heavy (non-hydrogen) atoms. The van der Waals surface area contributed by atoms with Gasteiger partial charge in [0, 0.05) is 18.1 Å². The number of aliphatic hydroxyl groups excluding tert-OH is 1. The average molecular weight is 320 g/mol. The maximum Gasteiger partial charge on any atom is 0.322 e. The van der Waals surface area contributed by atoms with Gasteiger partial charge in [0.05, 0.1) is 28.9 Å². The molecule has 1 aromatic carbocycles. The molecule has 2 N–H and O–H groups in total. The van der Waals surface area contributed by atoms with Gasteiger partial charge in [-0.2, -0.15) is 0 Å². The highest BCUT2D eigenvalue weighted by molar-refractivity contribution is 6.35. The Bertz CT molecular complexity index is 720. The molecular formula is C16H18ClN3O2. The third kappa shape index (κ3) is 2.62. The van der Waals surface area contributed by atoms with E-state index in [1.54, 1.807) is 17.2 Å². The van der Waals surface area contributed by atoms with Gasteiger partial charge in [0.25, 0.3) is 0 Å². The van der Waals surface area contributed by atoms with Crippen LogP contribution < -0.4 is 5.32 Å². The zero-order valence-corrected chi connectivity index (χ0v) is 13.1. The molecule has 1 saturated heterocycles. The number of carbonyl (C=O) groups is 1. The summed E-state index contributed by atoms with van der Waals surface area (Å²) in [5.41, 5.74) is 2.36. The standard InChI is InChI=1S/C16H18ClN3O2/c1-10-8-13(17)15(12-5-2-6-18-14(10)12)19-16(22)20-7-3-4-11(20)9-21/h2,5-6,8,11,21H,3-4,7,9H2,1H3,(H,19,22)/t11-/m0/s1. The summed E-state index contributed by atoms with van der Waals surface area (Å²) in [4.78, 5) is 18.5. The van der Waals surface area contributed by atoms with Crippen molar-refractivity contribution in [1.82, 2.24) is 9.88 Å². The van der Waals surface area contributed by atoms with Gasteiger partial charge in [-0.1, -0.05) is 11.6 Å². The average Bonchev–Trinajstić information content (AvgIpc) is 3.00. The third-order valence-corrected chi connectivity index (χ3v) is 4.41. The summed E-state index contributed by atoms with van der Waals surface area (Å²) in [5.74, 6) is 0. The number of fused-ring (bicyclic) bond motifs is 1. The molecule has 6 heteroatoms. The number of nitrogens with one attached hydrogen (secondary N) is 1. The van der Waals surface area contributed by atoms with Crippen LogP contribution in [0.4, 0.5) is 10.5 Å². The predicted molar refractivity (Wildman–Crippen MR) is 87.3 cm³/mol. The number of urea groups is 1. The number of aryl methyl sites for hydroxylation is 1. The molecule has 0 saturated carbocycles. The number of pyridine rings is 1. The number of anilines is 1. The van der Waals surface area contributed by atoms with Crippen LogP contribution in [0.15, 0.2) is 24.4 Å². The van der Waals surface area contributed by atoms with Crippen molar-refractivity contribution in [3.63, 3.8) is 0 Å². The van der Waals surface area contributed by atoms with E-state index in [0.717, 1.165) is 29.3 Å². The lowest BCUT2D eigenvalue weighted by Gasteiger charge is -2.24. The molecule has 2 heterocycles. The second-order valence-electron chi connectivity index (χ2n) is 5.55. The zero-order chi connectivity index (χ0) is 15.7. The van der Waals surface area contributed by atoms with Gasteiger partial charge in [-0.3, -0.25) is 4.98 Å². The van der Waals surface area contributed by atoms with Gasteiger partial charge in [0.1, 0.15) is 0 Å². The van der Waals surface area contributed by atoms with Crippen LogP contribution in [0.1, 0.15) is 18.4 Å². The van der Waals surface area contributed by atoms with Crippen molar-refractivity contribution >= 4 is 34.2 Å². The van der Waals surface area contributed by atoms with Crippen LogP contribution in [0, 0.1) is 6.92 Å². The van der Waals surface area contributed by atoms with Crippen LogP contribution in [0.3, 0.4) is 0 Å². The van der Waals surface area contributed by atoms with Crippen molar-refractivity contribution in [2.75, 3.05) is 18.5 Å². The SMILES string of the molecule is Cc1cc(Cl)c(NC(=O)N2CCC[C@H]2CO)c2cccnc12. The summed E-state index contributed by atoms with van der Waals surface area (Å²) in [6.45, 7) is 2.57. The highest BCUT2D eigenvalue weighted by atomic mass is 35.5. The first kappa shape index (κ1) is 15.1. The van der Waals surface area contributed by atoms with Gasteiger partial charge in [-0.05, 0) is 43.5 Å². The summed E-state index contributed by atoms with van der Waals surface area (Å²) in [5, 5.41) is 13.6. The molecule has 0 radical (unpaired) electrons. The van der Waals surface area contributed by atoms with Crippen molar-refractivity contribution in [2.24, 2.45) is 0 Å². The fourth-order valence-electron chi connectivity index (χ4n) is 2.98. The van der Waals surface area contributed by atoms with E-state index in [-0.39, 0.29) is 18.7 Å². The number of aromatic nitrogens is 1. The van der Waals surface area contributed by atoms with Gasteiger partial charge < -0.3 is 15.3 Å². The normalized spacial score (nSPS) is 18.0. The fraction of sp³-hybridized carbons (Fsp3) is 0.375. The van der Waals surface area contributed by atoms with Crippen molar-refractivity contribution < 1.29 is 9.90 Å². The van der Waals surface area contributed by atoms with E-state index < -0.39 is 0 Å². The van der Waals surface area contributed by atoms with Crippen LogP contribution >= 0.6 is 11.6 Å². The van der Waals surface area contributed by atoms with Crippen LogP contribution in [0.25, 0.3) is 10.9 Å². The Kier molecular flexibility index (Phi) is 4.18. The molecule has 0 spiro atoms. The van der Waals surface area contributed by atoms with Gasteiger partial charge in [-0.15, -0.1) is 0 Å². The molecule has 1 atom stereocenters. The Labute approximate surface area is 133 Å². The molecular weight excluding hydrogens is 302 g/mol. The number of carbonyl (C=O) groups excluding carboxylic acids is 1. The molecule has 1 aromatic heterocycles. The predicted octanol–water partition coefficient (Wildman–Crippen LogP) is 3.19. The molecule has 1 aliphatic rings. The molecule has 1 fully saturated rings. The lowest BCUT2D eigenvalue weighted by atomic mass is 10.1. The topological polar surface area (TPSA) is 65.5 Å². The first-order valence-corrected chi connectivity index (χ1v) is 7.72. The minimum absolute atomic E-state index is 0.0165. The number of rotatable bonds is 2. The third-order valence-electron chi connectivity index (χ3n) is 4.11. The minimum Gasteiger partial charge on any atom is -0.394 e. The molecule has 3 rings (SSSR count). The van der Waals surface area contributed by atoms with Gasteiger partial charge in [0.2, 0.25) is 0 Å². The van der Waals surface area contributed by atoms with E-state index in [4.69, 9.17) is 11.6 Å². The molecule has 2 aromatic rings. The summed E-state index contributed by atoms with van der Waals surface area (Å²) in [6, 6.07) is 5.17. The summed E-state index contributed by atoms with van der Waals surface area (Å²) in [7, 11) is 0. The van der Waals surface area contributed by atoms with Gasteiger partial charge >= 0.3 is 6.03 Å². The Morgan fingerprint density at radius 2 is 2.41 bits per heavy atom. The molecule has 2 amide bonds. The number of nitrogens with zero attached hydrogens (tertiary/aromatic N) is 2. The Balaban J connectivity index is 1.95. The molecule has 116 valence electrons. The minimum atomic E-state index is -0.229. The molecule has 5 nitrogen and oxygen atoms in total. The van der Waals surface area contributed by atoms with Crippen LogP contribution in [0.5, 0.6) is 0 Å². The first-order chi connectivity index (χ1) is 10.6. The van der Waals surface area contributed by atoms with Crippen LogP contribution in [0.2, 0.25) is 5.02 Å². The van der Waals surface area contributed by atoms with Gasteiger partial charge in [-0.25, -0.2) is 4.79 Å². The molecule has 0 aliphatic carbocycles. The molecule has 1 aliphatic heterocycles. The first-order valence-electron chi connectivity index (χ1n) is 7.34. The van der Waals surface area contributed by atoms with E-state index in [0.29, 0.717) is 17.3 Å². The largest absolute Gasteiger partial charge is 0.394 e. The number of hydrogen-bond donors (Lipinski definition) is 2. The number of likely N-dealkylation sites (tertiary alicyclic amines) is 1. The van der Waals surface area contributed by atoms with E-state index in [2.05, 4.69) is 10.3 Å². The maximum atomic E-state index is 12.5. The Morgan fingerprint density at radius 1 is 1.59 bits per heavy atom. The zero-order valence-electron chi connectivity index (χ0n) is 12.3. The lowest BCUT2D eigenvalue weighted by Crippen LogP contribution is -2.40. The smallest absolute Gasteiger partial charge is 0.322 e. The van der Waals surface area contributed by atoms with Crippen LogP contribution in [-0.4, -0.2) is 40.2 Å². The second-order valence-corrected chi connectivity index (χ2v) is 5.96. The Hall–Kier alpha value is -1.85. The Morgan fingerprint density at radius 3 is 3.18 bits per heavy atom. The number of aliphatic hydroxyl groups is 1. The number of amides is 2. The second kappa shape index (κ2) is 6.10. The summed E-state index contributed by atoms with van der Waals surface area (Å²) >= 11 is 6.32. The van der Waals surface area contributed by atoms with Crippen molar-refractivity contribution in [3.05, 3.63) is 35.0 Å². The van der Waals surface area contributed by atoms with Crippen molar-refractivity contribution in [3.8, 4) is 0 Å². The number of hydrogen-bond acceptors (Lipinski definition) is 3. The van der Waals surface area contributed by atoms with Crippen LogP contribution in [-0.2, 0) is 0 Å². The fourth-order valence-corrected chi connectivity index (χ4v) is 3.29. The van der Waals surface area contributed by atoms with Crippen molar-refractivity contribution in [2.45, 2.75) is 25.8 Å². The monoisotopic (exact) mass is 319 g/mol. The van der Waals surface area contributed by atoms with E-state index in [1.807, 2.05) is 19.1 Å². The van der Waals surface area contributed by atoms with E-state index >= 15 is 0 Å². The molecule has 0 bridgehead atoms. The number of benzene rings is 1. The lowest BCUT2D eigenvalue weighted by molar-refractivity contribution is 0.166. The summed E-state index contributed by atoms with van der Waals surface area (Å²) in [6.07, 6.45) is 3.45. The number of halogens is 1. The highest BCUT2D eigenvalue weighted by Crippen LogP contribution is 2.33.